The highest BCUT2D eigenvalue weighted by molar-refractivity contribution is 5.89. The lowest BCUT2D eigenvalue weighted by Gasteiger charge is -2.62. The maximum atomic E-state index is 14.3. The minimum Gasteiger partial charge on any atom is -0.471 e. The number of hydrogen-bond acceptors (Lipinski definition) is 14. The zero-order chi connectivity index (χ0) is 38.3. The molecule has 0 aromatic rings. The van der Waals surface area contributed by atoms with E-state index in [0.717, 1.165) is 45.2 Å². The van der Waals surface area contributed by atoms with E-state index in [2.05, 4.69) is 11.9 Å². The van der Waals surface area contributed by atoms with Crippen molar-refractivity contribution >= 4 is 11.9 Å². The molecule has 14 atom stereocenters. The number of carbonyl (C=O) groups is 2. The molecule has 0 aromatic heterocycles. The predicted octanol–water partition coefficient (Wildman–Crippen LogP) is 1.53. The van der Waals surface area contributed by atoms with E-state index in [-0.39, 0.29) is 47.4 Å². The minimum absolute atomic E-state index is 0.0285. The number of nitrogens with zero attached hydrogens (tertiary/aromatic N) is 1. The van der Waals surface area contributed by atoms with Crippen molar-refractivity contribution < 1.29 is 63.5 Å². The smallest absolute Gasteiger partial charge is 0.337 e. The van der Waals surface area contributed by atoms with Gasteiger partial charge in [-0.2, -0.15) is 0 Å². The van der Waals surface area contributed by atoms with E-state index in [1.807, 2.05) is 13.8 Å². The number of aliphatic hydroxyl groups is 5. The first kappa shape index (κ1) is 38.5. The number of hydrogen-bond donors (Lipinski definition) is 5. The summed E-state index contributed by atoms with van der Waals surface area (Å²) in [6.07, 6.45) is 0.630. The summed E-state index contributed by atoms with van der Waals surface area (Å²) in [4.78, 5) is 29.1. The molecule has 14 heteroatoms. The Kier molecular flexibility index (Phi) is 10.1. The Hall–Kier alpha value is -2.40. The van der Waals surface area contributed by atoms with Crippen LogP contribution in [-0.2, 0) is 38.0 Å². The molecule has 4 fully saturated rings. The number of esters is 2. The van der Waals surface area contributed by atoms with Crippen LogP contribution >= 0.6 is 0 Å². The molecule has 14 nitrogen and oxygen atoms in total. The maximum Gasteiger partial charge on any atom is 0.337 e. The van der Waals surface area contributed by atoms with Crippen molar-refractivity contribution in [3.05, 3.63) is 34.6 Å². The van der Waals surface area contributed by atoms with Gasteiger partial charge in [-0.25, -0.2) is 4.79 Å². The summed E-state index contributed by atoms with van der Waals surface area (Å²) in [7, 11) is 3.43. The molecule has 8 rings (SSSR count). The number of methoxy groups -OCH3 is 1. The molecule has 8 aliphatic rings. The molecule has 0 aromatic carbocycles. The van der Waals surface area contributed by atoms with Crippen LogP contribution in [0.4, 0.5) is 0 Å². The Bertz CT molecular complexity index is 1580. The Morgan fingerprint density at radius 3 is 2.54 bits per heavy atom. The average molecular weight is 760 g/mol. The topological polar surface area (TPSA) is 194 Å². The van der Waals surface area contributed by atoms with Gasteiger partial charge < -0.3 is 58.9 Å². The standard InChI is InChI=1S/C40H57NO13/c1-20(2)40(48)12-11-38(19-52-40)23-8-5-21-6-10-25-26(13-39(38,30(21)25)18-41(3)14-23)35(47)50-17-28-31(43)32(44)33(45)37(53-28)54-36-29-22(15-42)7-9-24(29)27(16-51-36)34(46)49-4/h7,16,20,23-26,28-29,31-33,36-37,42-45,48H,5-6,8-15,17-19H2,1-4H3. The molecule has 0 radical (unpaired) electrons. The zero-order valence-electron chi connectivity index (χ0n) is 31.7. The van der Waals surface area contributed by atoms with Crippen LogP contribution in [0.15, 0.2) is 34.6 Å². The van der Waals surface area contributed by atoms with Crippen molar-refractivity contribution in [2.45, 2.75) is 108 Å². The summed E-state index contributed by atoms with van der Waals surface area (Å²) in [5.74, 6) is -3.18. The van der Waals surface area contributed by atoms with Gasteiger partial charge in [0.25, 0.3) is 0 Å². The molecule has 4 aliphatic carbocycles. The quantitative estimate of drug-likeness (QED) is 0.177. The number of ether oxygens (including phenoxy) is 6. The molecule has 0 amide bonds. The molecule has 2 spiro atoms. The first-order chi connectivity index (χ1) is 25.8. The Balaban J connectivity index is 0.992. The van der Waals surface area contributed by atoms with Crippen LogP contribution in [0.1, 0.15) is 65.2 Å². The number of likely N-dealkylation sites (tertiary alicyclic amines) is 1. The second kappa shape index (κ2) is 14.2. The molecule has 54 heavy (non-hydrogen) atoms. The van der Waals surface area contributed by atoms with Crippen molar-refractivity contribution in [1.82, 2.24) is 4.90 Å². The number of aliphatic hydroxyl groups excluding tert-OH is 4. The van der Waals surface area contributed by atoms with Crippen LogP contribution < -0.4 is 0 Å². The SMILES string of the molecule is COC(=O)C1=COC(OC2OC(COC(=O)C3CC45CN(C)CC(CCC6=C4C3CC6)C53CCC(O)(C(C)C)OC3)C(O)C(O)C2O)C2C(CO)=CCC12. The lowest BCUT2D eigenvalue weighted by atomic mass is 9.50. The van der Waals surface area contributed by atoms with E-state index in [1.165, 1.54) is 24.5 Å². The van der Waals surface area contributed by atoms with Gasteiger partial charge in [-0.05, 0) is 69.4 Å². The van der Waals surface area contributed by atoms with E-state index in [9.17, 15) is 35.1 Å². The Morgan fingerprint density at radius 2 is 1.83 bits per heavy atom. The third-order valence-electron chi connectivity index (χ3n) is 14.8. The van der Waals surface area contributed by atoms with Gasteiger partial charge in [0, 0.05) is 42.2 Å². The molecular weight excluding hydrogens is 702 g/mol. The lowest BCUT2D eigenvalue weighted by Crippen LogP contribution is -2.64. The van der Waals surface area contributed by atoms with Gasteiger partial charge in [-0.3, -0.25) is 4.79 Å². The molecule has 4 aliphatic heterocycles. The van der Waals surface area contributed by atoms with Crippen LogP contribution in [0.3, 0.4) is 0 Å². The highest BCUT2D eigenvalue weighted by atomic mass is 16.8. The number of fused-ring (bicyclic) bond motifs is 1. The molecule has 300 valence electrons. The fourth-order valence-corrected chi connectivity index (χ4v) is 12.0. The van der Waals surface area contributed by atoms with Crippen molar-refractivity contribution in [2.75, 3.05) is 47.1 Å². The van der Waals surface area contributed by atoms with Gasteiger partial charge in [0.15, 0.2) is 12.1 Å². The first-order valence-electron chi connectivity index (χ1n) is 19.8. The summed E-state index contributed by atoms with van der Waals surface area (Å²) < 4.78 is 35.2. The third kappa shape index (κ3) is 5.84. The summed E-state index contributed by atoms with van der Waals surface area (Å²) in [5, 5.41) is 54.3. The van der Waals surface area contributed by atoms with E-state index < -0.39 is 66.5 Å². The van der Waals surface area contributed by atoms with E-state index in [1.54, 1.807) is 6.08 Å². The normalized spacial score (nSPS) is 45.7. The molecule has 2 bridgehead atoms. The fraction of sp³-hybridized carbons (Fsp3) is 0.800. The van der Waals surface area contributed by atoms with Crippen LogP contribution in [0.5, 0.6) is 0 Å². The summed E-state index contributed by atoms with van der Waals surface area (Å²) in [5.41, 5.74) is 3.26. The molecule has 14 unspecified atom stereocenters. The number of carbonyl (C=O) groups excluding carboxylic acids is 2. The van der Waals surface area contributed by atoms with Crippen LogP contribution in [-0.4, -0.2) is 132 Å². The highest BCUT2D eigenvalue weighted by Crippen LogP contribution is 2.72. The second-order valence-corrected chi connectivity index (χ2v) is 17.6. The third-order valence-corrected chi connectivity index (χ3v) is 14.8. The molecular formula is C40H57NO13. The first-order valence-corrected chi connectivity index (χ1v) is 19.8. The van der Waals surface area contributed by atoms with Gasteiger partial charge in [-0.15, -0.1) is 0 Å². The van der Waals surface area contributed by atoms with Gasteiger partial charge in [0.05, 0.1) is 44.0 Å². The molecule has 1 saturated carbocycles. The van der Waals surface area contributed by atoms with Gasteiger partial charge in [0.2, 0.25) is 6.29 Å². The zero-order valence-corrected chi connectivity index (χ0v) is 31.7. The largest absolute Gasteiger partial charge is 0.471 e. The molecule has 4 heterocycles. The van der Waals surface area contributed by atoms with Crippen molar-refractivity contribution in [1.29, 1.82) is 0 Å². The second-order valence-electron chi connectivity index (χ2n) is 17.6. The number of rotatable bonds is 8. The number of allylic oxidation sites excluding steroid dienone is 2. The Labute approximate surface area is 316 Å². The maximum absolute atomic E-state index is 14.3. The number of piperidine rings is 1. The van der Waals surface area contributed by atoms with Crippen molar-refractivity contribution in [2.24, 2.45) is 46.3 Å². The van der Waals surface area contributed by atoms with E-state index in [4.69, 9.17) is 28.4 Å². The minimum atomic E-state index is -1.69. The van der Waals surface area contributed by atoms with E-state index in [0.29, 0.717) is 37.4 Å². The van der Waals surface area contributed by atoms with E-state index >= 15 is 0 Å². The predicted molar refractivity (Wildman–Crippen MR) is 188 cm³/mol. The van der Waals surface area contributed by atoms with Crippen LogP contribution in [0, 0.1) is 46.3 Å². The van der Waals surface area contributed by atoms with Crippen LogP contribution in [0.25, 0.3) is 0 Å². The molecule has 3 saturated heterocycles. The van der Waals surface area contributed by atoms with Crippen molar-refractivity contribution in [3.8, 4) is 0 Å². The van der Waals surface area contributed by atoms with Crippen LogP contribution in [0.2, 0.25) is 0 Å². The monoisotopic (exact) mass is 759 g/mol. The van der Waals surface area contributed by atoms with Gasteiger partial charge in [-0.1, -0.05) is 31.1 Å². The summed E-state index contributed by atoms with van der Waals surface area (Å²) in [6, 6.07) is 0. The summed E-state index contributed by atoms with van der Waals surface area (Å²) >= 11 is 0. The molecule has 5 N–H and O–H groups in total. The van der Waals surface area contributed by atoms with Crippen molar-refractivity contribution in [3.63, 3.8) is 0 Å². The average Bonchev–Trinajstić information content (AvgIpc) is 3.86. The van der Waals surface area contributed by atoms with Gasteiger partial charge in [0.1, 0.15) is 31.0 Å². The summed E-state index contributed by atoms with van der Waals surface area (Å²) in [6.45, 7) is 5.52. The highest BCUT2D eigenvalue weighted by Gasteiger charge is 2.70. The van der Waals surface area contributed by atoms with Gasteiger partial charge >= 0.3 is 11.9 Å². The lowest BCUT2D eigenvalue weighted by molar-refractivity contribution is -0.340. The Morgan fingerprint density at radius 1 is 1.06 bits per heavy atom. The fourth-order valence-electron chi connectivity index (χ4n) is 12.0.